The number of ether oxygens (including phenoxy) is 1. The Bertz CT molecular complexity index is 1520. The second-order valence-corrected chi connectivity index (χ2v) is 12.0. The molecule has 1 saturated heterocycles. The van der Waals surface area contributed by atoms with Crippen molar-refractivity contribution in [3.63, 3.8) is 0 Å². The molecule has 1 aliphatic heterocycles. The van der Waals surface area contributed by atoms with Gasteiger partial charge in [0.1, 0.15) is 5.65 Å². The number of rotatable bonds is 7. The predicted octanol–water partition coefficient (Wildman–Crippen LogP) is 2.23. The van der Waals surface area contributed by atoms with E-state index in [-0.39, 0.29) is 35.8 Å². The molecule has 0 unspecified atom stereocenters. The minimum Gasteiger partial charge on any atom is -0.429 e. The molecule has 2 N–H and O–H groups in total. The van der Waals surface area contributed by atoms with Gasteiger partial charge >= 0.3 is 6.61 Å². The third-order valence-electron chi connectivity index (χ3n) is 7.31. The van der Waals surface area contributed by atoms with Gasteiger partial charge in [-0.25, -0.2) is 13.4 Å². The molecule has 4 heterocycles. The van der Waals surface area contributed by atoms with Crippen LogP contribution in [0, 0.1) is 6.92 Å². The molecule has 2 atom stereocenters. The molecule has 5 rings (SSSR count). The maximum absolute atomic E-state index is 13.2. The Hall–Kier alpha value is -3.30. The molecule has 39 heavy (non-hydrogen) atoms. The zero-order valence-corrected chi connectivity index (χ0v) is 22.2. The first-order valence-corrected chi connectivity index (χ1v) is 14.1. The summed E-state index contributed by atoms with van der Waals surface area (Å²) in [6, 6.07) is 3.36. The van der Waals surface area contributed by atoms with Gasteiger partial charge in [-0.1, -0.05) is 0 Å². The largest absolute Gasteiger partial charge is 0.429 e. The van der Waals surface area contributed by atoms with Gasteiger partial charge in [0, 0.05) is 30.7 Å². The van der Waals surface area contributed by atoms with Crippen LogP contribution >= 0.6 is 0 Å². The average Bonchev–Trinajstić information content (AvgIpc) is 3.23. The summed E-state index contributed by atoms with van der Waals surface area (Å²) >= 11 is 0. The van der Waals surface area contributed by atoms with Gasteiger partial charge in [0.05, 0.1) is 17.3 Å². The first-order chi connectivity index (χ1) is 18.5. The molecule has 2 fully saturated rings. The maximum atomic E-state index is 13.2. The zero-order chi connectivity index (χ0) is 27.9. The van der Waals surface area contributed by atoms with Gasteiger partial charge in [-0.15, -0.1) is 5.10 Å². The van der Waals surface area contributed by atoms with Crippen molar-refractivity contribution in [2.24, 2.45) is 0 Å². The highest BCUT2D eigenvalue weighted by Crippen LogP contribution is 2.40. The van der Waals surface area contributed by atoms with Crippen molar-refractivity contribution in [3.05, 3.63) is 40.4 Å². The number of anilines is 1. The zero-order valence-electron chi connectivity index (χ0n) is 21.4. The molecule has 3 aromatic heterocycles. The molecule has 1 aliphatic carbocycles. The molecular formula is C24H29F2N7O5S. The van der Waals surface area contributed by atoms with Crippen LogP contribution in [0.3, 0.4) is 0 Å². The van der Waals surface area contributed by atoms with Crippen LogP contribution in [0.1, 0.15) is 50.8 Å². The number of hydrogen-bond donors (Lipinski definition) is 2. The van der Waals surface area contributed by atoms with Crippen molar-refractivity contribution in [3.8, 4) is 5.75 Å². The Morgan fingerprint density at radius 3 is 2.56 bits per heavy atom. The standard InChI is InChI=1S/C24H29F2N7O5S/c1-14-5-6-19(31-30-14)39(36,37)32-10-7-16(8-11-32)28-23-27-13-15-12-17(38-22(25)26)21(34)33(20(15)29-23)18-4-3-9-24(18,2)35/h5-6,12-13,16,18,22,35H,3-4,7-11H2,1-2H3,(H,27,28,29)/t18-,24-/m1/s1. The monoisotopic (exact) mass is 565 g/mol. The van der Waals surface area contributed by atoms with E-state index in [1.54, 1.807) is 19.9 Å². The number of aryl methyl sites for hydroxylation is 1. The summed E-state index contributed by atoms with van der Waals surface area (Å²) in [6.45, 7) is 0.622. The lowest BCUT2D eigenvalue weighted by atomic mass is 10.00. The quantitative estimate of drug-likeness (QED) is 0.436. The average molecular weight is 566 g/mol. The van der Waals surface area contributed by atoms with Crippen molar-refractivity contribution in [2.75, 3.05) is 18.4 Å². The number of halogens is 2. The summed E-state index contributed by atoms with van der Waals surface area (Å²) < 4.78 is 58.9. The highest BCUT2D eigenvalue weighted by molar-refractivity contribution is 7.89. The third-order valence-corrected chi connectivity index (χ3v) is 9.10. The predicted molar refractivity (Wildman–Crippen MR) is 136 cm³/mol. The maximum Gasteiger partial charge on any atom is 0.387 e. The lowest BCUT2D eigenvalue weighted by Gasteiger charge is -2.31. The highest BCUT2D eigenvalue weighted by Gasteiger charge is 2.40. The Morgan fingerprint density at radius 1 is 1.21 bits per heavy atom. The van der Waals surface area contributed by atoms with E-state index >= 15 is 0 Å². The summed E-state index contributed by atoms with van der Waals surface area (Å²) in [4.78, 5) is 22.0. The number of nitrogens with zero attached hydrogens (tertiary/aromatic N) is 6. The number of aromatic nitrogens is 5. The second kappa shape index (κ2) is 10.4. The number of nitrogens with one attached hydrogen (secondary N) is 1. The Labute approximate surface area is 223 Å². The van der Waals surface area contributed by atoms with Gasteiger partial charge in [0.25, 0.3) is 15.6 Å². The van der Waals surface area contributed by atoms with E-state index in [9.17, 15) is 27.1 Å². The van der Waals surface area contributed by atoms with E-state index in [4.69, 9.17) is 0 Å². The Kier molecular flexibility index (Phi) is 7.24. The van der Waals surface area contributed by atoms with E-state index < -0.39 is 39.6 Å². The molecule has 2 aliphatic rings. The van der Waals surface area contributed by atoms with Crippen molar-refractivity contribution >= 4 is 27.0 Å². The normalized spacial score (nSPS) is 23.0. The van der Waals surface area contributed by atoms with Crippen LogP contribution in [0.15, 0.2) is 34.2 Å². The van der Waals surface area contributed by atoms with Gasteiger partial charge < -0.3 is 15.2 Å². The lowest BCUT2D eigenvalue weighted by molar-refractivity contribution is -0.0513. The molecule has 0 aromatic carbocycles. The van der Waals surface area contributed by atoms with Crippen molar-refractivity contribution in [1.29, 1.82) is 0 Å². The van der Waals surface area contributed by atoms with Crippen LogP contribution in [0.5, 0.6) is 5.75 Å². The molecule has 0 radical (unpaired) electrons. The molecule has 12 nitrogen and oxygen atoms in total. The summed E-state index contributed by atoms with van der Waals surface area (Å²) in [7, 11) is -3.77. The van der Waals surface area contributed by atoms with Crippen LogP contribution < -0.4 is 15.6 Å². The number of fused-ring (bicyclic) bond motifs is 1. The fourth-order valence-corrected chi connectivity index (χ4v) is 6.59. The van der Waals surface area contributed by atoms with Gasteiger partial charge in [-0.2, -0.15) is 23.2 Å². The molecular weight excluding hydrogens is 536 g/mol. The molecule has 3 aromatic rings. The van der Waals surface area contributed by atoms with Gasteiger partial charge in [-0.05, 0) is 64.2 Å². The first kappa shape index (κ1) is 27.3. The van der Waals surface area contributed by atoms with E-state index in [0.717, 1.165) is 0 Å². The molecule has 1 saturated carbocycles. The van der Waals surface area contributed by atoms with E-state index in [1.807, 2.05) is 0 Å². The second-order valence-electron chi connectivity index (χ2n) is 10.1. The van der Waals surface area contributed by atoms with Crippen LogP contribution in [0.4, 0.5) is 14.7 Å². The summed E-state index contributed by atoms with van der Waals surface area (Å²) in [6.07, 6.45) is 3.88. The third kappa shape index (κ3) is 5.43. The summed E-state index contributed by atoms with van der Waals surface area (Å²) in [5.41, 5.74) is -1.24. The highest BCUT2D eigenvalue weighted by atomic mass is 32.2. The van der Waals surface area contributed by atoms with Crippen molar-refractivity contribution in [2.45, 2.75) is 75.3 Å². The van der Waals surface area contributed by atoms with Crippen LogP contribution in [-0.2, 0) is 10.0 Å². The number of piperidine rings is 1. The summed E-state index contributed by atoms with van der Waals surface area (Å²) in [5.74, 6) is -0.349. The van der Waals surface area contributed by atoms with Gasteiger partial charge in [0.15, 0.2) is 10.8 Å². The molecule has 15 heteroatoms. The minimum atomic E-state index is -3.77. The van der Waals surface area contributed by atoms with E-state index in [0.29, 0.717) is 43.2 Å². The van der Waals surface area contributed by atoms with Gasteiger partial charge in [-0.3, -0.25) is 9.36 Å². The molecule has 0 bridgehead atoms. The molecule has 0 spiro atoms. The Balaban J connectivity index is 1.39. The van der Waals surface area contributed by atoms with E-state index in [1.165, 1.54) is 27.2 Å². The molecule has 210 valence electrons. The van der Waals surface area contributed by atoms with Gasteiger partial charge in [0.2, 0.25) is 5.95 Å². The fraction of sp³-hybridized carbons (Fsp3) is 0.542. The van der Waals surface area contributed by atoms with Crippen LogP contribution in [-0.4, -0.2) is 73.9 Å². The van der Waals surface area contributed by atoms with Crippen LogP contribution in [0.25, 0.3) is 11.0 Å². The van der Waals surface area contributed by atoms with Crippen molar-refractivity contribution < 1.29 is 27.0 Å². The Morgan fingerprint density at radius 2 is 1.95 bits per heavy atom. The number of hydrogen-bond acceptors (Lipinski definition) is 10. The first-order valence-electron chi connectivity index (χ1n) is 12.6. The van der Waals surface area contributed by atoms with Crippen molar-refractivity contribution in [1.82, 2.24) is 29.0 Å². The van der Waals surface area contributed by atoms with E-state index in [2.05, 4.69) is 30.2 Å². The minimum absolute atomic E-state index is 0.103. The number of sulfonamides is 1. The molecule has 0 amide bonds. The number of aliphatic hydroxyl groups is 1. The number of alkyl halides is 2. The number of pyridine rings is 1. The van der Waals surface area contributed by atoms with Crippen LogP contribution in [0.2, 0.25) is 0 Å². The smallest absolute Gasteiger partial charge is 0.387 e. The topological polar surface area (TPSA) is 152 Å². The fourth-order valence-electron chi connectivity index (χ4n) is 5.25. The summed E-state index contributed by atoms with van der Waals surface area (Å²) in [5, 5.41) is 22.0. The lowest BCUT2D eigenvalue weighted by Crippen LogP contribution is -2.42. The SMILES string of the molecule is Cc1ccc(S(=O)(=O)N2CCC(Nc3ncc4cc(OC(F)F)c(=O)n([C@@H]5CCC[C@@]5(C)O)c4n3)CC2)nn1.